The molecular weight excluding hydrogens is 264 g/mol. The fourth-order valence-corrected chi connectivity index (χ4v) is 3.24. The van der Waals surface area contributed by atoms with E-state index in [4.69, 9.17) is 15.7 Å². The molecule has 3 N–H and O–H groups in total. The predicted molar refractivity (Wildman–Crippen MR) is 83.8 cm³/mol. The fourth-order valence-electron chi connectivity index (χ4n) is 3.24. The van der Waals surface area contributed by atoms with Crippen molar-refractivity contribution in [3.63, 3.8) is 0 Å². The summed E-state index contributed by atoms with van der Waals surface area (Å²) in [4.78, 5) is 0. The van der Waals surface area contributed by atoms with Gasteiger partial charge in [-0.25, -0.2) is 0 Å². The summed E-state index contributed by atoms with van der Waals surface area (Å²) in [6.07, 6.45) is 3.13. The van der Waals surface area contributed by atoms with Crippen molar-refractivity contribution < 1.29 is 4.74 Å². The van der Waals surface area contributed by atoms with E-state index in [1.807, 2.05) is 0 Å². The van der Waals surface area contributed by atoms with Crippen LogP contribution in [0, 0.1) is 5.92 Å². The maximum absolute atomic E-state index is 5.79. The Morgan fingerprint density at radius 1 is 1.48 bits per heavy atom. The largest absolute Gasteiger partial charge is 0.381 e. The van der Waals surface area contributed by atoms with Gasteiger partial charge in [0.15, 0.2) is 0 Å². The van der Waals surface area contributed by atoms with Crippen molar-refractivity contribution in [1.29, 1.82) is 0 Å². The van der Waals surface area contributed by atoms with Crippen molar-refractivity contribution in [2.24, 2.45) is 11.8 Å². The molecule has 0 amide bonds. The lowest BCUT2D eigenvalue weighted by atomic mass is 9.90. The highest BCUT2D eigenvalue weighted by molar-refractivity contribution is 5.82. The molecule has 1 saturated heterocycles. The summed E-state index contributed by atoms with van der Waals surface area (Å²) in [6, 6.07) is 8.63. The summed E-state index contributed by atoms with van der Waals surface area (Å²) in [5.74, 6) is 6.26. The highest BCUT2D eigenvalue weighted by Crippen LogP contribution is 2.24. The van der Waals surface area contributed by atoms with Crippen LogP contribution in [0.4, 0.5) is 0 Å². The van der Waals surface area contributed by atoms with Gasteiger partial charge in [-0.1, -0.05) is 18.2 Å². The number of nitrogens with two attached hydrogens (primary N) is 1. The molecule has 3 rings (SSSR count). The Labute approximate surface area is 125 Å². The van der Waals surface area contributed by atoms with Gasteiger partial charge in [0.1, 0.15) is 0 Å². The number of benzene rings is 1. The monoisotopic (exact) mass is 288 g/mol. The molecular formula is C16H24N4O. The first-order chi connectivity index (χ1) is 10.3. The molecule has 1 aliphatic rings. The average Bonchev–Trinajstić information content (AvgIpc) is 2.91. The topological polar surface area (TPSA) is 65.1 Å². The normalized spacial score (nSPS) is 20.8. The number of hydrogen-bond donors (Lipinski definition) is 2. The number of hydrogen-bond acceptors (Lipinski definition) is 4. The van der Waals surface area contributed by atoms with Gasteiger partial charge in [0, 0.05) is 31.0 Å². The highest BCUT2D eigenvalue weighted by atomic mass is 16.5. The van der Waals surface area contributed by atoms with Gasteiger partial charge < -0.3 is 4.74 Å². The van der Waals surface area contributed by atoms with Gasteiger partial charge in [0.2, 0.25) is 0 Å². The lowest BCUT2D eigenvalue weighted by molar-refractivity contribution is 0.0392. The zero-order valence-electron chi connectivity index (χ0n) is 12.6. The second-order valence-corrected chi connectivity index (χ2v) is 5.73. The quantitative estimate of drug-likeness (QED) is 0.651. The van der Waals surface area contributed by atoms with Gasteiger partial charge in [0.05, 0.1) is 17.8 Å². The van der Waals surface area contributed by atoms with Gasteiger partial charge in [-0.05, 0) is 31.7 Å². The minimum Gasteiger partial charge on any atom is -0.381 e. The number of aryl methyl sites for hydroxylation is 1. The molecule has 2 atom stereocenters. The Morgan fingerprint density at radius 3 is 3.05 bits per heavy atom. The molecule has 0 saturated carbocycles. The third-order valence-corrected chi connectivity index (χ3v) is 4.43. The zero-order chi connectivity index (χ0) is 14.7. The zero-order valence-corrected chi connectivity index (χ0v) is 12.6. The second-order valence-electron chi connectivity index (χ2n) is 5.73. The molecule has 2 unspecified atom stereocenters. The van der Waals surface area contributed by atoms with Gasteiger partial charge in [-0.3, -0.25) is 16.0 Å². The van der Waals surface area contributed by atoms with Gasteiger partial charge in [0.25, 0.3) is 0 Å². The Bertz CT molecular complexity index is 589. The molecule has 1 fully saturated rings. The molecule has 1 aliphatic heterocycles. The van der Waals surface area contributed by atoms with E-state index in [1.165, 1.54) is 17.3 Å². The van der Waals surface area contributed by atoms with Crippen LogP contribution >= 0.6 is 0 Å². The summed E-state index contributed by atoms with van der Waals surface area (Å²) in [7, 11) is 0. The lowest BCUT2D eigenvalue weighted by Crippen LogP contribution is -2.45. The molecule has 2 aromatic rings. The molecule has 0 radical (unpaired) electrons. The van der Waals surface area contributed by atoms with E-state index in [-0.39, 0.29) is 6.04 Å². The van der Waals surface area contributed by atoms with Crippen LogP contribution in [0.25, 0.3) is 10.9 Å². The summed E-state index contributed by atoms with van der Waals surface area (Å²) >= 11 is 0. The van der Waals surface area contributed by atoms with Crippen LogP contribution in [-0.4, -0.2) is 29.0 Å². The van der Waals surface area contributed by atoms with Crippen molar-refractivity contribution in [3.05, 3.63) is 30.0 Å². The average molecular weight is 288 g/mol. The maximum Gasteiger partial charge on any atom is 0.0719 e. The van der Waals surface area contributed by atoms with E-state index in [1.54, 1.807) is 0 Å². The predicted octanol–water partition coefficient (Wildman–Crippen LogP) is 1.86. The van der Waals surface area contributed by atoms with Crippen LogP contribution in [0.1, 0.15) is 25.5 Å². The van der Waals surface area contributed by atoms with Gasteiger partial charge >= 0.3 is 0 Å². The van der Waals surface area contributed by atoms with Crippen molar-refractivity contribution in [2.75, 3.05) is 13.2 Å². The first-order valence-electron chi connectivity index (χ1n) is 7.81. The van der Waals surface area contributed by atoms with E-state index in [2.05, 4.69) is 41.3 Å². The fraction of sp³-hybridized carbons (Fsp3) is 0.562. The summed E-state index contributed by atoms with van der Waals surface area (Å²) in [5, 5.41) is 6.00. The molecule has 0 aliphatic carbocycles. The maximum atomic E-state index is 5.79. The standard InChI is InChI=1S/C16H24N4O/c1-2-20-16-8-4-3-7-13(16)15(19-20)10-14(18-17)12-6-5-9-21-11-12/h3-4,7-8,12,14,18H,2,5-6,9-11,17H2,1H3. The number of para-hydroxylation sites is 1. The number of hydrazine groups is 1. The lowest BCUT2D eigenvalue weighted by Gasteiger charge is -2.29. The summed E-state index contributed by atoms with van der Waals surface area (Å²) in [5.41, 5.74) is 5.31. The van der Waals surface area contributed by atoms with Crippen LogP contribution in [0.2, 0.25) is 0 Å². The van der Waals surface area contributed by atoms with Crippen molar-refractivity contribution >= 4 is 10.9 Å². The van der Waals surface area contributed by atoms with Gasteiger partial charge in [-0.15, -0.1) is 0 Å². The first kappa shape index (κ1) is 14.5. The van der Waals surface area contributed by atoms with Crippen LogP contribution < -0.4 is 11.3 Å². The van der Waals surface area contributed by atoms with E-state index < -0.39 is 0 Å². The first-order valence-corrected chi connectivity index (χ1v) is 7.81. The van der Waals surface area contributed by atoms with Crippen LogP contribution in [-0.2, 0) is 17.7 Å². The van der Waals surface area contributed by atoms with Crippen LogP contribution in [0.15, 0.2) is 24.3 Å². The number of fused-ring (bicyclic) bond motifs is 1. The van der Waals surface area contributed by atoms with Crippen molar-refractivity contribution in [3.8, 4) is 0 Å². The number of nitrogens with zero attached hydrogens (tertiary/aromatic N) is 2. The van der Waals surface area contributed by atoms with E-state index in [9.17, 15) is 0 Å². The number of ether oxygens (including phenoxy) is 1. The SMILES string of the molecule is CCn1nc(CC(NN)C2CCCOC2)c2ccccc21. The molecule has 114 valence electrons. The number of rotatable bonds is 5. The van der Waals surface area contributed by atoms with E-state index >= 15 is 0 Å². The molecule has 2 heterocycles. The third kappa shape index (κ3) is 2.95. The third-order valence-electron chi connectivity index (χ3n) is 4.43. The highest BCUT2D eigenvalue weighted by Gasteiger charge is 2.25. The molecule has 5 nitrogen and oxygen atoms in total. The van der Waals surface area contributed by atoms with E-state index in [0.29, 0.717) is 5.92 Å². The number of nitrogens with one attached hydrogen (secondary N) is 1. The Kier molecular flexibility index (Phi) is 4.53. The Hall–Kier alpha value is -1.43. The van der Waals surface area contributed by atoms with Crippen LogP contribution in [0.5, 0.6) is 0 Å². The van der Waals surface area contributed by atoms with Crippen molar-refractivity contribution in [1.82, 2.24) is 15.2 Å². The molecule has 0 bridgehead atoms. The smallest absolute Gasteiger partial charge is 0.0719 e. The summed E-state index contributed by atoms with van der Waals surface area (Å²) in [6.45, 7) is 4.67. The molecule has 1 aromatic carbocycles. The molecule has 5 heteroatoms. The molecule has 21 heavy (non-hydrogen) atoms. The molecule has 1 aromatic heterocycles. The minimum absolute atomic E-state index is 0.217. The minimum atomic E-state index is 0.217. The second kappa shape index (κ2) is 6.56. The molecule has 0 spiro atoms. The Morgan fingerprint density at radius 2 is 2.33 bits per heavy atom. The van der Waals surface area contributed by atoms with E-state index in [0.717, 1.165) is 38.3 Å². The number of aromatic nitrogens is 2. The van der Waals surface area contributed by atoms with Gasteiger partial charge in [-0.2, -0.15) is 5.10 Å². The van der Waals surface area contributed by atoms with Crippen LogP contribution in [0.3, 0.4) is 0 Å². The Balaban J connectivity index is 1.85. The summed E-state index contributed by atoms with van der Waals surface area (Å²) < 4.78 is 7.66. The van der Waals surface area contributed by atoms with Crippen molar-refractivity contribution in [2.45, 2.75) is 38.8 Å².